The van der Waals surface area contributed by atoms with E-state index in [2.05, 4.69) is 26.3 Å². The van der Waals surface area contributed by atoms with Crippen LogP contribution in [-0.2, 0) is 6.54 Å². The van der Waals surface area contributed by atoms with E-state index in [-0.39, 0.29) is 17.2 Å². The van der Waals surface area contributed by atoms with Crippen molar-refractivity contribution >= 4 is 27.5 Å². The zero-order valence-corrected chi connectivity index (χ0v) is 12.6. The molecule has 0 aliphatic carbocycles. The fraction of sp³-hybridized carbons (Fsp3) is 0.231. The number of halogens is 1. The van der Waals surface area contributed by atoms with Crippen LogP contribution in [0.2, 0.25) is 0 Å². The first-order valence-corrected chi connectivity index (χ1v) is 7.07. The van der Waals surface area contributed by atoms with Gasteiger partial charge < -0.3 is 5.32 Å². The smallest absolute Gasteiger partial charge is 0.270 e. The average molecular weight is 353 g/mol. The summed E-state index contributed by atoms with van der Waals surface area (Å²) in [5.41, 5.74) is 0.142. The molecule has 8 heteroatoms. The second kappa shape index (κ2) is 6.98. The highest BCUT2D eigenvalue weighted by molar-refractivity contribution is 9.10. The molecule has 0 saturated carbocycles. The number of nitro benzene ring substituents is 1. The number of nitro groups is 1. The van der Waals surface area contributed by atoms with Crippen molar-refractivity contribution in [3.8, 4) is 0 Å². The van der Waals surface area contributed by atoms with Gasteiger partial charge in [-0.05, 0) is 34.5 Å². The van der Waals surface area contributed by atoms with Gasteiger partial charge in [0.15, 0.2) is 0 Å². The summed E-state index contributed by atoms with van der Waals surface area (Å²) in [4.78, 5) is 22.2. The SMILES string of the molecule is O=C(NCCCn1cccn1)c1cc([N+](=O)[O-])ccc1Br. The van der Waals surface area contributed by atoms with Gasteiger partial charge in [0.1, 0.15) is 0 Å². The quantitative estimate of drug-likeness (QED) is 0.490. The van der Waals surface area contributed by atoms with Gasteiger partial charge in [-0.25, -0.2) is 0 Å². The zero-order chi connectivity index (χ0) is 15.2. The number of aryl methyl sites for hydroxylation is 1. The molecule has 0 bridgehead atoms. The maximum atomic E-state index is 12.0. The summed E-state index contributed by atoms with van der Waals surface area (Å²) in [6, 6.07) is 5.93. The number of carbonyl (C=O) groups excluding carboxylic acids is 1. The van der Waals surface area contributed by atoms with E-state index >= 15 is 0 Å². The maximum absolute atomic E-state index is 12.0. The number of rotatable bonds is 6. The van der Waals surface area contributed by atoms with Crippen LogP contribution < -0.4 is 5.32 Å². The molecule has 0 atom stereocenters. The highest BCUT2D eigenvalue weighted by Crippen LogP contribution is 2.22. The number of hydrogen-bond donors (Lipinski definition) is 1. The molecule has 1 aromatic heterocycles. The lowest BCUT2D eigenvalue weighted by Gasteiger charge is -2.07. The maximum Gasteiger partial charge on any atom is 0.270 e. The fourth-order valence-electron chi connectivity index (χ4n) is 1.77. The van der Waals surface area contributed by atoms with Gasteiger partial charge in [0.2, 0.25) is 0 Å². The molecule has 0 spiro atoms. The van der Waals surface area contributed by atoms with Crippen LogP contribution in [0.4, 0.5) is 5.69 Å². The first-order valence-electron chi connectivity index (χ1n) is 6.27. The summed E-state index contributed by atoms with van der Waals surface area (Å²) in [7, 11) is 0. The molecule has 1 amide bonds. The molecule has 21 heavy (non-hydrogen) atoms. The van der Waals surface area contributed by atoms with E-state index in [1.54, 1.807) is 10.9 Å². The van der Waals surface area contributed by atoms with Gasteiger partial charge in [-0.2, -0.15) is 5.10 Å². The van der Waals surface area contributed by atoms with E-state index < -0.39 is 4.92 Å². The number of carbonyl (C=O) groups is 1. The van der Waals surface area contributed by atoms with Gasteiger partial charge >= 0.3 is 0 Å². The predicted octanol–water partition coefficient (Wildman–Crippen LogP) is 2.37. The van der Waals surface area contributed by atoms with E-state index in [0.29, 0.717) is 17.6 Å². The largest absolute Gasteiger partial charge is 0.352 e. The van der Waals surface area contributed by atoms with Gasteiger partial charge in [-0.3, -0.25) is 19.6 Å². The molecule has 0 aliphatic rings. The summed E-state index contributed by atoms with van der Waals surface area (Å²) < 4.78 is 2.30. The van der Waals surface area contributed by atoms with Crippen molar-refractivity contribution in [1.29, 1.82) is 0 Å². The summed E-state index contributed by atoms with van der Waals surface area (Å²) in [6.07, 6.45) is 4.26. The number of amides is 1. The Balaban J connectivity index is 1.90. The van der Waals surface area contributed by atoms with Gasteiger partial charge in [0.05, 0.1) is 10.5 Å². The fourth-order valence-corrected chi connectivity index (χ4v) is 2.20. The second-order valence-electron chi connectivity index (χ2n) is 4.30. The standard InChI is InChI=1S/C13H13BrN4O3/c14-12-4-3-10(18(20)21)9-11(12)13(19)15-5-1-7-17-8-2-6-16-17/h2-4,6,8-9H,1,5,7H2,(H,15,19). The molecule has 2 aromatic rings. The van der Waals surface area contributed by atoms with E-state index in [1.807, 2.05) is 12.3 Å². The Morgan fingerprint density at radius 2 is 2.29 bits per heavy atom. The predicted molar refractivity (Wildman–Crippen MR) is 80.0 cm³/mol. The summed E-state index contributed by atoms with van der Waals surface area (Å²) in [6.45, 7) is 1.16. The summed E-state index contributed by atoms with van der Waals surface area (Å²) >= 11 is 3.22. The van der Waals surface area contributed by atoms with E-state index in [1.165, 1.54) is 18.2 Å². The van der Waals surface area contributed by atoms with Crippen molar-refractivity contribution in [2.75, 3.05) is 6.54 Å². The lowest BCUT2D eigenvalue weighted by atomic mass is 10.2. The van der Waals surface area contributed by atoms with Crippen LogP contribution in [0.5, 0.6) is 0 Å². The average Bonchev–Trinajstić information content (AvgIpc) is 2.96. The highest BCUT2D eigenvalue weighted by Gasteiger charge is 2.15. The Morgan fingerprint density at radius 1 is 1.48 bits per heavy atom. The third kappa shape index (κ3) is 4.12. The zero-order valence-electron chi connectivity index (χ0n) is 11.0. The molecule has 1 aromatic carbocycles. The highest BCUT2D eigenvalue weighted by atomic mass is 79.9. The minimum absolute atomic E-state index is 0.111. The number of nitrogens with zero attached hydrogens (tertiary/aromatic N) is 3. The van der Waals surface area contributed by atoms with Crippen molar-refractivity contribution in [2.24, 2.45) is 0 Å². The van der Waals surface area contributed by atoms with E-state index in [0.717, 1.165) is 6.42 Å². The number of non-ortho nitro benzene ring substituents is 1. The molecule has 0 fully saturated rings. The Kier molecular flexibility index (Phi) is 5.04. The molecule has 1 N–H and O–H groups in total. The summed E-state index contributed by atoms with van der Waals surface area (Å²) in [5, 5.41) is 17.5. The number of nitrogens with one attached hydrogen (secondary N) is 1. The molecule has 0 aliphatic heterocycles. The third-order valence-electron chi connectivity index (χ3n) is 2.81. The molecule has 2 rings (SSSR count). The van der Waals surface area contributed by atoms with Crippen molar-refractivity contribution in [2.45, 2.75) is 13.0 Å². The minimum atomic E-state index is -0.527. The Morgan fingerprint density at radius 3 is 2.95 bits per heavy atom. The van der Waals surface area contributed by atoms with Crippen LogP contribution in [0.1, 0.15) is 16.8 Å². The van der Waals surface area contributed by atoms with E-state index in [9.17, 15) is 14.9 Å². The van der Waals surface area contributed by atoms with Crippen molar-refractivity contribution in [3.63, 3.8) is 0 Å². The minimum Gasteiger partial charge on any atom is -0.352 e. The first kappa shape index (κ1) is 15.2. The van der Waals surface area contributed by atoms with E-state index in [4.69, 9.17) is 0 Å². The van der Waals surface area contributed by atoms with Gasteiger partial charge in [-0.1, -0.05) is 0 Å². The normalized spacial score (nSPS) is 10.3. The van der Waals surface area contributed by atoms with Crippen LogP contribution in [0.25, 0.3) is 0 Å². The van der Waals surface area contributed by atoms with Crippen LogP contribution in [-0.4, -0.2) is 27.2 Å². The van der Waals surface area contributed by atoms with Crippen LogP contribution in [0, 0.1) is 10.1 Å². The monoisotopic (exact) mass is 352 g/mol. The van der Waals surface area contributed by atoms with Crippen LogP contribution in [0.15, 0.2) is 41.1 Å². The molecular weight excluding hydrogens is 340 g/mol. The van der Waals surface area contributed by atoms with Crippen LogP contribution in [0.3, 0.4) is 0 Å². The van der Waals surface area contributed by atoms with Gasteiger partial charge in [0, 0.05) is 42.1 Å². The molecule has 0 unspecified atom stereocenters. The molecule has 7 nitrogen and oxygen atoms in total. The molecule has 0 radical (unpaired) electrons. The first-order chi connectivity index (χ1) is 10.1. The Hall–Kier alpha value is -2.22. The third-order valence-corrected chi connectivity index (χ3v) is 3.51. The molecule has 0 saturated heterocycles. The Labute approximate surface area is 129 Å². The Bertz CT molecular complexity index is 643. The van der Waals surface area contributed by atoms with Gasteiger partial charge in [0.25, 0.3) is 11.6 Å². The van der Waals surface area contributed by atoms with Gasteiger partial charge in [-0.15, -0.1) is 0 Å². The molecule has 110 valence electrons. The molecular formula is C13H13BrN4O3. The topological polar surface area (TPSA) is 90.1 Å². The number of hydrogen-bond acceptors (Lipinski definition) is 4. The second-order valence-corrected chi connectivity index (χ2v) is 5.15. The van der Waals surface area contributed by atoms with Crippen molar-refractivity contribution in [1.82, 2.24) is 15.1 Å². The van der Waals surface area contributed by atoms with Crippen molar-refractivity contribution < 1.29 is 9.72 Å². The van der Waals surface area contributed by atoms with Crippen LogP contribution >= 0.6 is 15.9 Å². The lowest BCUT2D eigenvalue weighted by Crippen LogP contribution is -2.25. The molecule has 1 heterocycles. The lowest BCUT2D eigenvalue weighted by molar-refractivity contribution is -0.384. The summed E-state index contributed by atoms with van der Waals surface area (Å²) in [5.74, 6) is -0.342. The number of benzene rings is 1. The van der Waals surface area contributed by atoms with Crippen molar-refractivity contribution in [3.05, 3.63) is 56.8 Å². The number of aromatic nitrogens is 2.